The normalized spacial score (nSPS) is 11.9. The highest BCUT2D eigenvalue weighted by Crippen LogP contribution is 2.21. The van der Waals surface area contributed by atoms with Crippen LogP contribution in [0, 0.1) is 0 Å². The van der Waals surface area contributed by atoms with Gasteiger partial charge >= 0.3 is 0 Å². The van der Waals surface area contributed by atoms with Crippen molar-refractivity contribution in [1.29, 1.82) is 0 Å². The molecule has 2 rings (SSSR count). The van der Waals surface area contributed by atoms with Gasteiger partial charge in [0.1, 0.15) is 5.82 Å². The van der Waals surface area contributed by atoms with Crippen LogP contribution >= 0.6 is 0 Å². The maximum Gasteiger partial charge on any atom is 0.166 e. The number of nitrogens with zero attached hydrogens (tertiary/aromatic N) is 3. The first kappa shape index (κ1) is 9.83. The molecule has 4 nitrogen and oxygen atoms in total. The topological polar surface area (TPSA) is 47.3 Å². The van der Waals surface area contributed by atoms with Gasteiger partial charge in [-0.25, -0.2) is 0 Å². The quantitative estimate of drug-likeness (QED) is 0.664. The Morgan fingerprint density at radius 2 is 2.00 bits per heavy atom. The van der Waals surface area contributed by atoms with E-state index in [-0.39, 0.29) is 5.41 Å². The summed E-state index contributed by atoms with van der Waals surface area (Å²) in [7, 11) is 0. The van der Waals surface area contributed by atoms with Crippen LogP contribution < -0.4 is 0 Å². The number of aromatic nitrogens is 3. The van der Waals surface area contributed by atoms with Crippen LogP contribution in [0.5, 0.6) is 0 Å². The van der Waals surface area contributed by atoms with Crippen molar-refractivity contribution in [2.45, 2.75) is 26.2 Å². The molecule has 0 unspecified atom stereocenters. The average Bonchev–Trinajstić information content (AvgIpc) is 2.59. The van der Waals surface area contributed by atoms with Gasteiger partial charge in [-0.1, -0.05) is 26.8 Å². The minimum atomic E-state index is -0.126. The Morgan fingerprint density at radius 3 is 2.60 bits per heavy atom. The zero-order valence-corrected chi connectivity index (χ0v) is 9.06. The van der Waals surface area contributed by atoms with Crippen LogP contribution in [0.4, 0.5) is 0 Å². The molecule has 0 aliphatic heterocycles. The van der Waals surface area contributed by atoms with Crippen molar-refractivity contribution in [2.75, 3.05) is 0 Å². The summed E-state index contributed by atoms with van der Waals surface area (Å²) in [6.45, 7) is 6.14. The van der Waals surface area contributed by atoms with Crippen LogP contribution in [0.3, 0.4) is 0 Å². The van der Waals surface area contributed by atoms with E-state index < -0.39 is 0 Å². The van der Waals surface area contributed by atoms with E-state index >= 15 is 0 Å². The molecule has 0 saturated heterocycles. The molecule has 0 aliphatic carbocycles. The van der Waals surface area contributed by atoms with Gasteiger partial charge in [0.05, 0.1) is 5.69 Å². The minimum absolute atomic E-state index is 0.126. The van der Waals surface area contributed by atoms with E-state index in [9.17, 15) is 4.79 Å². The Bertz CT molecular complexity index is 508. The molecule has 2 heterocycles. The molecule has 15 heavy (non-hydrogen) atoms. The zero-order chi connectivity index (χ0) is 11.1. The summed E-state index contributed by atoms with van der Waals surface area (Å²) < 4.78 is 1.80. The Labute approximate surface area is 87.9 Å². The Morgan fingerprint density at radius 1 is 1.27 bits per heavy atom. The molecular formula is C11H13N3O. The van der Waals surface area contributed by atoms with Crippen molar-refractivity contribution < 1.29 is 4.79 Å². The molecule has 0 fully saturated rings. The summed E-state index contributed by atoms with van der Waals surface area (Å²) in [4.78, 5) is 10.9. The highest BCUT2D eigenvalue weighted by atomic mass is 16.1. The lowest BCUT2D eigenvalue weighted by Gasteiger charge is -2.16. The Hall–Kier alpha value is -1.71. The number of rotatable bonds is 1. The second-order valence-corrected chi connectivity index (χ2v) is 4.54. The fourth-order valence-corrected chi connectivity index (χ4v) is 1.54. The summed E-state index contributed by atoms with van der Waals surface area (Å²) in [5, 5.41) is 8.18. The molecule has 0 bridgehead atoms. The van der Waals surface area contributed by atoms with Gasteiger partial charge in [-0.15, -0.1) is 10.2 Å². The van der Waals surface area contributed by atoms with Crippen LogP contribution in [0.25, 0.3) is 5.65 Å². The van der Waals surface area contributed by atoms with E-state index in [1.807, 2.05) is 26.8 Å². The largest absolute Gasteiger partial charge is 0.296 e. The maximum atomic E-state index is 10.9. The Kier molecular flexibility index (Phi) is 2.07. The lowest BCUT2D eigenvalue weighted by Crippen LogP contribution is -2.17. The third kappa shape index (κ3) is 1.52. The van der Waals surface area contributed by atoms with Crippen molar-refractivity contribution in [1.82, 2.24) is 14.6 Å². The molecule has 0 aromatic carbocycles. The minimum Gasteiger partial charge on any atom is -0.296 e. The van der Waals surface area contributed by atoms with Crippen LogP contribution in [0.15, 0.2) is 18.2 Å². The Balaban J connectivity index is 2.83. The smallest absolute Gasteiger partial charge is 0.166 e. The van der Waals surface area contributed by atoms with Gasteiger partial charge in [0.15, 0.2) is 11.9 Å². The summed E-state index contributed by atoms with van der Waals surface area (Å²) in [5.74, 6) is 0.806. The van der Waals surface area contributed by atoms with Gasteiger partial charge in [-0.3, -0.25) is 9.20 Å². The van der Waals surface area contributed by atoms with Crippen molar-refractivity contribution in [3.05, 3.63) is 29.7 Å². The van der Waals surface area contributed by atoms with Gasteiger partial charge in [0.2, 0.25) is 0 Å². The molecular weight excluding hydrogens is 190 g/mol. The fourth-order valence-electron chi connectivity index (χ4n) is 1.54. The first-order chi connectivity index (χ1) is 7.04. The number of pyridine rings is 1. The van der Waals surface area contributed by atoms with Crippen LogP contribution in [0.2, 0.25) is 0 Å². The van der Waals surface area contributed by atoms with Crippen molar-refractivity contribution >= 4 is 11.9 Å². The number of hydrogen-bond acceptors (Lipinski definition) is 3. The van der Waals surface area contributed by atoms with Crippen molar-refractivity contribution in [2.24, 2.45) is 0 Å². The van der Waals surface area contributed by atoms with E-state index in [0.717, 1.165) is 12.1 Å². The molecule has 4 heteroatoms. The summed E-state index contributed by atoms with van der Waals surface area (Å²) in [6, 6.07) is 5.41. The molecule has 2 aromatic heterocycles. The van der Waals surface area contributed by atoms with Gasteiger partial charge < -0.3 is 0 Å². The number of aldehydes is 1. The molecule has 0 radical (unpaired) electrons. The van der Waals surface area contributed by atoms with E-state index in [4.69, 9.17) is 0 Å². The standard InChI is InChI=1S/C11H13N3O/c1-11(2,3)10-13-12-9-6-4-5-8(7-15)14(9)10/h4-7H,1-3H3. The molecule has 0 atom stereocenters. The zero-order valence-electron chi connectivity index (χ0n) is 9.06. The van der Waals surface area contributed by atoms with Crippen LogP contribution in [-0.2, 0) is 5.41 Å². The van der Waals surface area contributed by atoms with Gasteiger partial charge in [-0.05, 0) is 12.1 Å². The highest BCUT2D eigenvalue weighted by Gasteiger charge is 2.21. The van der Waals surface area contributed by atoms with Crippen LogP contribution in [-0.4, -0.2) is 20.9 Å². The second kappa shape index (κ2) is 3.15. The number of hydrogen-bond donors (Lipinski definition) is 0. The average molecular weight is 203 g/mol. The predicted octanol–water partition coefficient (Wildman–Crippen LogP) is 1.84. The van der Waals surface area contributed by atoms with E-state index in [2.05, 4.69) is 10.2 Å². The number of fused-ring (bicyclic) bond motifs is 1. The molecule has 0 spiro atoms. The first-order valence-electron chi connectivity index (χ1n) is 4.84. The van der Waals surface area contributed by atoms with Gasteiger partial charge in [-0.2, -0.15) is 0 Å². The van der Waals surface area contributed by atoms with Gasteiger partial charge in [0.25, 0.3) is 0 Å². The molecule has 2 aromatic rings. The lowest BCUT2D eigenvalue weighted by molar-refractivity contribution is 0.111. The van der Waals surface area contributed by atoms with E-state index in [1.165, 1.54) is 0 Å². The first-order valence-corrected chi connectivity index (χ1v) is 4.84. The van der Waals surface area contributed by atoms with E-state index in [0.29, 0.717) is 11.3 Å². The third-order valence-electron chi connectivity index (χ3n) is 2.25. The van der Waals surface area contributed by atoms with Gasteiger partial charge in [0, 0.05) is 5.41 Å². The van der Waals surface area contributed by atoms with Crippen molar-refractivity contribution in [3.8, 4) is 0 Å². The molecule has 0 aliphatic rings. The monoisotopic (exact) mass is 203 g/mol. The SMILES string of the molecule is CC(C)(C)c1nnc2cccc(C=O)n12. The number of carbonyl (C=O) groups is 1. The third-order valence-corrected chi connectivity index (χ3v) is 2.25. The fraction of sp³-hybridized carbons (Fsp3) is 0.364. The molecule has 0 amide bonds. The maximum absolute atomic E-state index is 10.9. The highest BCUT2D eigenvalue weighted by molar-refractivity contribution is 5.74. The van der Waals surface area contributed by atoms with Crippen LogP contribution in [0.1, 0.15) is 37.1 Å². The van der Waals surface area contributed by atoms with Crippen molar-refractivity contribution in [3.63, 3.8) is 0 Å². The molecule has 0 saturated carbocycles. The number of carbonyl (C=O) groups excluding carboxylic acids is 1. The summed E-state index contributed by atoms with van der Waals surface area (Å²) in [6.07, 6.45) is 0.825. The summed E-state index contributed by atoms with van der Waals surface area (Å²) in [5.41, 5.74) is 1.17. The molecule has 78 valence electrons. The van der Waals surface area contributed by atoms with E-state index in [1.54, 1.807) is 16.5 Å². The summed E-state index contributed by atoms with van der Waals surface area (Å²) >= 11 is 0. The second-order valence-electron chi connectivity index (χ2n) is 4.54. The molecule has 0 N–H and O–H groups in total. The lowest BCUT2D eigenvalue weighted by atomic mass is 9.96. The predicted molar refractivity (Wildman–Crippen MR) is 57.1 cm³/mol.